The topological polar surface area (TPSA) is 75.4 Å². The van der Waals surface area contributed by atoms with Crippen LogP contribution < -0.4 is 5.32 Å². The summed E-state index contributed by atoms with van der Waals surface area (Å²) in [6, 6.07) is 8.19. The molecule has 0 unspecified atom stereocenters. The number of aromatic nitrogens is 4. The van der Waals surface area contributed by atoms with E-state index in [1.807, 2.05) is 5.38 Å². The quantitative estimate of drug-likeness (QED) is 0.316. The maximum absolute atomic E-state index is 13.5. The van der Waals surface area contributed by atoms with Crippen LogP contribution in [0.4, 0.5) is 18.3 Å². The Kier molecular flexibility index (Phi) is 7.46. The molecule has 7 nitrogen and oxygen atoms in total. The van der Waals surface area contributed by atoms with Crippen LogP contribution in [-0.2, 0) is 12.7 Å². The maximum Gasteiger partial charge on any atom is 0.417 e. The second-order valence-electron chi connectivity index (χ2n) is 8.05. The smallest absolute Gasteiger partial charge is 0.298 e. The molecule has 0 atom stereocenters. The van der Waals surface area contributed by atoms with Gasteiger partial charge in [-0.25, -0.2) is 14.5 Å². The highest BCUT2D eigenvalue weighted by molar-refractivity contribution is 7.13. The van der Waals surface area contributed by atoms with E-state index in [2.05, 4.69) is 39.1 Å². The van der Waals surface area contributed by atoms with Gasteiger partial charge in [-0.1, -0.05) is 32.0 Å². The average molecular weight is 503 g/mol. The molecule has 1 aromatic carbocycles. The number of imidazole rings is 1. The van der Waals surface area contributed by atoms with Crippen LogP contribution in [0.2, 0.25) is 0 Å². The van der Waals surface area contributed by atoms with Crippen molar-refractivity contribution in [3.8, 4) is 11.3 Å². The van der Waals surface area contributed by atoms with Crippen molar-refractivity contribution in [2.24, 2.45) is 0 Å². The minimum absolute atomic E-state index is 0.0739. The fourth-order valence-electron chi connectivity index (χ4n) is 3.86. The molecule has 4 aromatic rings. The van der Waals surface area contributed by atoms with Gasteiger partial charge < -0.3 is 0 Å². The van der Waals surface area contributed by atoms with Crippen molar-refractivity contribution in [3.63, 3.8) is 0 Å². The predicted octanol–water partition coefficient (Wildman–Crippen LogP) is 5.75. The number of carbonyl (C=O) groups is 1. The monoisotopic (exact) mass is 502 g/mol. The molecule has 0 bridgehead atoms. The van der Waals surface area contributed by atoms with Gasteiger partial charge in [-0.2, -0.15) is 18.3 Å². The third kappa shape index (κ3) is 5.68. The van der Waals surface area contributed by atoms with Crippen LogP contribution in [0.25, 0.3) is 16.9 Å². The Morgan fingerprint density at radius 1 is 1.11 bits per heavy atom. The number of alkyl halides is 3. The third-order valence-corrected chi connectivity index (χ3v) is 6.15. The molecule has 1 amide bonds. The summed E-state index contributed by atoms with van der Waals surface area (Å²) >= 11 is 1.32. The summed E-state index contributed by atoms with van der Waals surface area (Å²) in [5.74, 6) is -0.494. The Hall–Kier alpha value is -3.31. The number of carbonyl (C=O) groups excluding carboxylic acids is 1. The highest BCUT2D eigenvalue weighted by Crippen LogP contribution is 2.36. The minimum Gasteiger partial charge on any atom is -0.298 e. The van der Waals surface area contributed by atoms with E-state index in [0.717, 1.165) is 37.7 Å². The van der Waals surface area contributed by atoms with Crippen LogP contribution in [0, 0.1) is 0 Å². The summed E-state index contributed by atoms with van der Waals surface area (Å²) in [7, 11) is 0. The SMILES string of the molecule is CCCN(CCC)Cc1csc(NC(=O)c2cnc3ccc(-c4ccccc4C(F)(F)F)nn23)n1. The van der Waals surface area contributed by atoms with Gasteiger partial charge in [-0.15, -0.1) is 11.3 Å². The second kappa shape index (κ2) is 10.5. The first-order chi connectivity index (χ1) is 16.8. The first-order valence-electron chi connectivity index (χ1n) is 11.3. The Morgan fingerprint density at radius 3 is 2.57 bits per heavy atom. The number of nitrogens with zero attached hydrogens (tertiary/aromatic N) is 5. The van der Waals surface area contributed by atoms with E-state index in [4.69, 9.17) is 0 Å². The molecule has 4 rings (SSSR count). The highest BCUT2D eigenvalue weighted by atomic mass is 32.1. The van der Waals surface area contributed by atoms with Crippen LogP contribution in [0.3, 0.4) is 0 Å². The van der Waals surface area contributed by atoms with E-state index in [0.29, 0.717) is 17.3 Å². The number of thiazole rings is 1. The van der Waals surface area contributed by atoms with E-state index in [1.54, 1.807) is 0 Å². The zero-order valence-corrected chi connectivity index (χ0v) is 20.2. The van der Waals surface area contributed by atoms with Crippen LogP contribution in [0.5, 0.6) is 0 Å². The van der Waals surface area contributed by atoms with E-state index in [1.165, 1.54) is 52.4 Å². The van der Waals surface area contributed by atoms with Crippen molar-refractivity contribution in [2.75, 3.05) is 18.4 Å². The molecular weight excluding hydrogens is 477 g/mol. The number of fused-ring (bicyclic) bond motifs is 1. The third-order valence-electron chi connectivity index (χ3n) is 5.34. The fraction of sp³-hybridized carbons (Fsp3) is 0.333. The summed E-state index contributed by atoms with van der Waals surface area (Å²) in [5.41, 5.74) is 0.527. The van der Waals surface area contributed by atoms with Gasteiger partial charge >= 0.3 is 6.18 Å². The van der Waals surface area contributed by atoms with Crippen LogP contribution >= 0.6 is 11.3 Å². The number of amides is 1. The van der Waals surface area contributed by atoms with Gasteiger partial charge in [0.15, 0.2) is 16.5 Å². The lowest BCUT2D eigenvalue weighted by molar-refractivity contribution is -0.137. The zero-order chi connectivity index (χ0) is 25.0. The molecule has 0 saturated carbocycles. The molecule has 1 N–H and O–H groups in total. The van der Waals surface area contributed by atoms with Crippen molar-refractivity contribution in [1.82, 2.24) is 24.5 Å². The van der Waals surface area contributed by atoms with Gasteiger partial charge in [0, 0.05) is 17.5 Å². The fourth-order valence-corrected chi connectivity index (χ4v) is 4.55. The molecule has 0 spiro atoms. The normalized spacial score (nSPS) is 11.9. The molecule has 11 heteroatoms. The van der Waals surface area contributed by atoms with Crippen molar-refractivity contribution in [3.05, 3.63) is 64.9 Å². The Labute approximate surface area is 204 Å². The summed E-state index contributed by atoms with van der Waals surface area (Å²) in [5, 5.41) is 9.40. The second-order valence-corrected chi connectivity index (χ2v) is 8.91. The number of hydrogen-bond acceptors (Lipinski definition) is 6. The van der Waals surface area contributed by atoms with Gasteiger partial charge in [-0.05, 0) is 44.1 Å². The molecule has 3 heterocycles. The summed E-state index contributed by atoms with van der Waals surface area (Å²) in [4.78, 5) is 24.0. The van der Waals surface area contributed by atoms with Gasteiger partial charge in [-0.3, -0.25) is 15.0 Å². The molecule has 0 aliphatic heterocycles. The molecule has 0 saturated heterocycles. The predicted molar refractivity (Wildman–Crippen MR) is 129 cm³/mol. The van der Waals surface area contributed by atoms with Gasteiger partial charge in [0.25, 0.3) is 5.91 Å². The number of hydrogen-bond donors (Lipinski definition) is 1. The van der Waals surface area contributed by atoms with Gasteiger partial charge in [0.1, 0.15) is 0 Å². The van der Waals surface area contributed by atoms with E-state index in [-0.39, 0.29) is 17.0 Å². The van der Waals surface area contributed by atoms with E-state index < -0.39 is 17.6 Å². The minimum atomic E-state index is -4.53. The van der Waals surface area contributed by atoms with Gasteiger partial charge in [0.05, 0.1) is 23.1 Å². The molecule has 0 radical (unpaired) electrons. The molecule has 35 heavy (non-hydrogen) atoms. The van der Waals surface area contributed by atoms with Crippen molar-refractivity contribution in [2.45, 2.75) is 39.4 Å². The average Bonchev–Trinajstić information content (AvgIpc) is 3.45. The van der Waals surface area contributed by atoms with Crippen LogP contribution in [0.15, 0.2) is 48.0 Å². The number of halogens is 3. The Balaban J connectivity index is 1.57. The summed E-state index contributed by atoms with van der Waals surface area (Å²) in [6.45, 7) is 6.91. The molecule has 3 aromatic heterocycles. The van der Waals surface area contributed by atoms with Crippen molar-refractivity contribution in [1.29, 1.82) is 0 Å². The maximum atomic E-state index is 13.5. The van der Waals surface area contributed by atoms with Crippen LogP contribution in [-0.4, -0.2) is 43.5 Å². The van der Waals surface area contributed by atoms with Crippen LogP contribution in [0.1, 0.15) is 48.4 Å². The number of benzene rings is 1. The molecule has 0 aliphatic carbocycles. The lowest BCUT2D eigenvalue weighted by Crippen LogP contribution is -2.25. The van der Waals surface area contributed by atoms with E-state index in [9.17, 15) is 18.0 Å². The van der Waals surface area contributed by atoms with E-state index >= 15 is 0 Å². The lowest BCUT2D eigenvalue weighted by atomic mass is 10.0. The molecule has 184 valence electrons. The molecule has 0 fully saturated rings. The van der Waals surface area contributed by atoms with Crippen molar-refractivity contribution < 1.29 is 18.0 Å². The number of rotatable bonds is 9. The highest BCUT2D eigenvalue weighted by Gasteiger charge is 2.33. The summed E-state index contributed by atoms with van der Waals surface area (Å²) < 4.78 is 41.7. The summed E-state index contributed by atoms with van der Waals surface area (Å²) in [6.07, 6.45) is -1.10. The Bertz CT molecular complexity index is 1310. The number of anilines is 1. The molecule has 0 aliphatic rings. The van der Waals surface area contributed by atoms with Gasteiger partial charge in [0.2, 0.25) is 0 Å². The largest absolute Gasteiger partial charge is 0.417 e. The zero-order valence-electron chi connectivity index (χ0n) is 19.3. The number of nitrogens with one attached hydrogen (secondary N) is 1. The molecular formula is C24H25F3N6OS. The first kappa shape index (κ1) is 24.8. The standard InChI is InChI=1S/C24H25F3N6OS/c1-3-11-32(12-4-2)14-16-15-35-23(29-16)30-22(34)20-13-28-21-10-9-19(31-33(20)21)17-7-5-6-8-18(17)24(25,26)27/h5-10,13,15H,3-4,11-12,14H2,1-2H3,(H,29,30,34). The van der Waals surface area contributed by atoms with Crippen molar-refractivity contribution >= 4 is 28.0 Å². The first-order valence-corrected chi connectivity index (χ1v) is 12.2. The lowest BCUT2D eigenvalue weighted by Gasteiger charge is -2.19. The Morgan fingerprint density at radius 2 is 1.86 bits per heavy atom.